The minimum absolute atomic E-state index is 0.348. The molecule has 0 amide bonds. The second kappa shape index (κ2) is 3.62. The lowest BCUT2D eigenvalue weighted by atomic mass is 10.2. The van der Waals surface area contributed by atoms with Crippen molar-refractivity contribution in [3.05, 3.63) is 33.8 Å². The standard InChI is InChI=1S/C10H10OS2/c1-7(11)10-5-8(6-13-10)9-3-2-4-12-9/h2-7,11H,1H3. The first-order valence-electron chi connectivity index (χ1n) is 4.08. The molecular weight excluding hydrogens is 200 g/mol. The molecule has 0 aliphatic carbocycles. The third-order valence-electron chi connectivity index (χ3n) is 1.84. The van der Waals surface area contributed by atoms with Gasteiger partial charge in [-0.25, -0.2) is 0 Å². The van der Waals surface area contributed by atoms with E-state index >= 15 is 0 Å². The Labute approximate surface area is 85.3 Å². The molecule has 0 aliphatic heterocycles. The molecule has 0 saturated carbocycles. The molecule has 1 unspecified atom stereocenters. The van der Waals surface area contributed by atoms with Crippen LogP contribution in [0.3, 0.4) is 0 Å². The summed E-state index contributed by atoms with van der Waals surface area (Å²) in [6.45, 7) is 1.80. The number of aliphatic hydroxyl groups excluding tert-OH is 1. The van der Waals surface area contributed by atoms with Gasteiger partial charge in [-0.2, -0.15) is 0 Å². The van der Waals surface area contributed by atoms with Gasteiger partial charge in [-0.3, -0.25) is 0 Å². The lowest BCUT2D eigenvalue weighted by molar-refractivity contribution is 0.203. The highest BCUT2D eigenvalue weighted by molar-refractivity contribution is 7.14. The summed E-state index contributed by atoms with van der Waals surface area (Å²) in [5, 5.41) is 13.5. The van der Waals surface area contributed by atoms with Crippen molar-refractivity contribution in [2.45, 2.75) is 13.0 Å². The normalized spacial score (nSPS) is 13.1. The van der Waals surface area contributed by atoms with Crippen molar-refractivity contribution >= 4 is 22.7 Å². The number of thiophene rings is 2. The van der Waals surface area contributed by atoms with Gasteiger partial charge in [-0.15, -0.1) is 22.7 Å². The monoisotopic (exact) mass is 210 g/mol. The Hall–Kier alpha value is -0.640. The van der Waals surface area contributed by atoms with Gasteiger partial charge in [0.25, 0.3) is 0 Å². The molecule has 0 spiro atoms. The van der Waals surface area contributed by atoms with E-state index in [1.807, 2.05) is 6.07 Å². The Kier molecular flexibility index (Phi) is 2.49. The summed E-state index contributed by atoms with van der Waals surface area (Å²) in [4.78, 5) is 2.30. The molecule has 1 atom stereocenters. The summed E-state index contributed by atoms with van der Waals surface area (Å²) in [6.07, 6.45) is -0.348. The second-order valence-electron chi connectivity index (χ2n) is 2.89. The largest absolute Gasteiger partial charge is 0.388 e. The third kappa shape index (κ3) is 1.82. The van der Waals surface area contributed by atoms with E-state index in [1.54, 1.807) is 29.6 Å². The quantitative estimate of drug-likeness (QED) is 0.804. The van der Waals surface area contributed by atoms with Gasteiger partial charge in [-0.05, 0) is 29.8 Å². The fourth-order valence-electron chi connectivity index (χ4n) is 1.14. The van der Waals surface area contributed by atoms with Crippen LogP contribution in [0.2, 0.25) is 0 Å². The first-order valence-corrected chi connectivity index (χ1v) is 5.83. The highest BCUT2D eigenvalue weighted by Gasteiger charge is 2.06. The summed E-state index contributed by atoms with van der Waals surface area (Å²) in [5.41, 5.74) is 1.22. The van der Waals surface area contributed by atoms with Crippen LogP contribution in [0.15, 0.2) is 29.0 Å². The molecule has 13 heavy (non-hydrogen) atoms. The number of hydrogen-bond donors (Lipinski definition) is 1. The predicted octanol–water partition coefficient (Wildman–Crippen LogP) is 3.53. The van der Waals surface area contributed by atoms with Gasteiger partial charge in [0, 0.05) is 15.3 Å². The highest BCUT2D eigenvalue weighted by atomic mass is 32.1. The molecule has 0 saturated heterocycles. The van der Waals surface area contributed by atoms with Crippen LogP contribution in [0.5, 0.6) is 0 Å². The van der Waals surface area contributed by atoms with Crippen molar-refractivity contribution in [3.8, 4) is 10.4 Å². The van der Waals surface area contributed by atoms with Crippen LogP contribution in [0.4, 0.5) is 0 Å². The van der Waals surface area contributed by atoms with Crippen molar-refractivity contribution in [2.24, 2.45) is 0 Å². The summed E-state index contributed by atoms with van der Waals surface area (Å²) >= 11 is 3.34. The fourth-order valence-corrected chi connectivity index (χ4v) is 2.78. The minimum atomic E-state index is -0.348. The summed E-state index contributed by atoms with van der Waals surface area (Å²) in [7, 11) is 0. The van der Waals surface area contributed by atoms with E-state index in [0.717, 1.165) is 4.88 Å². The Morgan fingerprint density at radius 1 is 1.38 bits per heavy atom. The first-order chi connectivity index (χ1) is 6.27. The van der Waals surface area contributed by atoms with E-state index < -0.39 is 0 Å². The van der Waals surface area contributed by atoms with Crippen LogP contribution in [-0.2, 0) is 0 Å². The van der Waals surface area contributed by atoms with Crippen LogP contribution >= 0.6 is 22.7 Å². The van der Waals surface area contributed by atoms with Crippen LogP contribution in [-0.4, -0.2) is 5.11 Å². The zero-order valence-corrected chi connectivity index (χ0v) is 8.86. The van der Waals surface area contributed by atoms with Crippen molar-refractivity contribution in [1.29, 1.82) is 0 Å². The average Bonchev–Trinajstić information content (AvgIpc) is 2.75. The highest BCUT2D eigenvalue weighted by Crippen LogP contribution is 2.31. The van der Waals surface area contributed by atoms with Gasteiger partial charge >= 0.3 is 0 Å². The lowest BCUT2D eigenvalue weighted by Gasteiger charge is -1.96. The molecule has 2 heterocycles. The van der Waals surface area contributed by atoms with Gasteiger partial charge in [0.2, 0.25) is 0 Å². The maximum Gasteiger partial charge on any atom is 0.0854 e. The zero-order valence-electron chi connectivity index (χ0n) is 7.23. The van der Waals surface area contributed by atoms with Crippen molar-refractivity contribution in [2.75, 3.05) is 0 Å². The van der Waals surface area contributed by atoms with Gasteiger partial charge in [0.05, 0.1) is 6.10 Å². The number of rotatable bonds is 2. The number of aliphatic hydroxyl groups is 1. The van der Waals surface area contributed by atoms with E-state index in [-0.39, 0.29) is 6.10 Å². The topological polar surface area (TPSA) is 20.2 Å². The van der Waals surface area contributed by atoms with Crippen LogP contribution in [0.1, 0.15) is 17.9 Å². The van der Waals surface area contributed by atoms with Gasteiger partial charge in [-0.1, -0.05) is 6.07 Å². The summed E-state index contributed by atoms with van der Waals surface area (Å²) < 4.78 is 0. The maximum absolute atomic E-state index is 9.35. The van der Waals surface area contributed by atoms with Crippen molar-refractivity contribution < 1.29 is 5.11 Å². The van der Waals surface area contributed by atoms with Crippen molar-refractivity contribution in [3.63, 3.8) is 0 Å². The molecule has 0 aliphatic rings. The SMILES string of the molecule is CC(O)c1cc(-c2cccs2)cs1. The molecule has 2 rings (SSSR count). The fraction of sp³-hybridized carbons (Fsp3) is 0.200. The molecule has 0 radical (unpaired) electrons. The predicted molar refractivity (Wildman–Crippen MR) is 58.3 cm³/mol. The Morgan fingerprint density at radius 2 is 2.23 bits per heavy atom. The van der Waals surface area contributed by atoms with Gasteiger partial charge < -0.3 is 5.11 Å². The molecule has 0 fully saturated rings. The lowest BCUT2D eigenvalue weighted by Crippen LogP contribution is -1.83. The molecule has 3 heteroatoms. The second-order valence-corrected chi connectivity index (χ2v) is 4.78. The van der Waals surface area contributed by atoms with Crippen LogP contribution < -0.4 is 0 Å². The van der Waals surface area contributed by atoms with E-state index in [2.05, 4.69) is 22.9 Å². The van der Waals surface area contributed by atoms with E-state index in [9.17, 15) is 5.11 Å². The zero-order chi connectivity index (χ0) is 9.26. The van der Waals surface area contributed by atoms with E-state index in [0.29, 0.717) is 0 Å². The smallest absolute Gasteiger partial charge is 0.0854 e. The van der Waals surface area contributed by atoms with Crippen LogP contribution in [0.25, 0.3) is 10.4 Å². The average molecular weight is 210 g/mol. The minimum Gasteiger partial charge on any atom is -0.388 e. The molecule has 0 aromatic carbocycles. The number of hydrogen-bond acceptors (Lipinski definition) is 3. The Bertz CT molecular complexity index is 373. The Morgan fingerprint density at radius 3 is 2.77 bits per heavy atom. The van der Waals surface area contributed by atoms with E-state index in [4.69, 9.17) is 0 Å². The molecule has 2 aromatic heterocycles. The van der Waals surface area contributed by atoms with Crippen LogP contribution in [0, 0.1) is 0 Å². The molecular formula is C10H10OS2. The van der Waals surface area contributed by atoms with Gasteiger partial charge in [0.15, 0.2) is 0 Å². The molecule has 1 N–H and O–H groups in total. The molecule has 2 aromatic rings. The third-order valence-corrected chi connectivity index (χ3v) is 3.86. The first kappa shape index (κ1) is 8.94. The van der Waals surface area contributed by atoms with E-state index in [1.165, 1.54) is 10.4 Å². The van der Waals surface area contributed by atoms with Gasteiger partial charge in [0.1, 0.15) is 0 Å². The molecule has 1 nitrogen and oxygen atoms in total. The molecule has 68 valence electrons. The Balaban J connectivity index is 2.33. The summed E-state index contributed by atoms with van der Waals surface area (Å²) in [6, 6.07) is 6.19. The van der Waals surface area contributed by atoms with Crippen molar-refractivity contribution in [1.82, 2.24) is 0 Å². The maximum atomic E-state index is 9.35. The summed E-state index contributed by atoms with van der Waals surface area (Å²) in [5.74, 6) is 0. The molecule has 0 bridgehead atoms.